The second kappa shape index (κ2) is 5.44. The first kappa shape index (κ1) is 13.4. The van der Waals surface area contributed by atoms with Gasteiger partial charge in [-0.2, -0.15) is 9.97 Å². The largest absolute Gasteiger partial charge is 0.467 e. The molecule has 0 amide bonds. The maximum absolute atomic E-state index is 5.71. The Morgan fingerprint density at radius 1 is 1.05 bits per heavy atom. The van der Waals surface area contributed by atoms with E-state index < -0.39 is 0 Å². The van der Waals surface area contributed by atoms with Crippen LogP contribution in [0.1, 0.15) is 0 Å². The standard InChI is InChI=1S/C12H11N5O3S/c1-18-9-15-10(19-2)17-11(16-9)21-12-14-7-5-6(13)3-4-8(7)20-12/h3-5H,13H2,1-2H3. The number of nitrogens with zero attached hydrogens (tertiary/aromatic N) is 4. The molecule has 0 fully saturated rings. The van der Waals surface area contributed by atoms with E-state index in [1.165, 1.54) is 14.2 Å². The molecule has 8 nitrogen and oxygen atoms in total. The van der Waals surface area contributed by atoms with Crippen molar-refractivity contribution in [2.45, 2.75) is 10.4 Å². The Bertz CT molecular complexity index is 769. The summed E-state index contributed by atoms with van der Waals surface area (Å²) in [6, 6.07) is 5.56. The van der Waals surface area contributed by atoms with Crippen LogP contribution in [0.4, 0.5) is 5.69 Å². The van der Waals surface area contributed by atoms with Crippen molar-refractivity contribution in [2.75, 3.05) is 20.0 Å². The molecule has 21 heavy (non-hydrogen) atoms. The third kappa shape index (κ3) is 2.82. The van der Waals surface area contributed by atoms with E-state index in [1.54, 1.807) is 18.2 Å². The second-order valence-electron chi connectivity index (χ2n) is 3.90. The van der Waals surface area contributed by atoms with E-state index in [0.717, 1.165) is 11.8 Å². The zero-order chi connectivity index (χ0) is 14.8. The molecule has 0 atom stereocenters. The Hall–Kier alpha value is -2.55. The molecule has 0 bridgehead atoms. The number of nitrogen functional groups attached to an aromatic ring is 1. The van der Waals surface area contributed by atoms with Gasteiger partial charge in [0.25, 0.3) is 5.22 Å². The first-order chi connectivity index (χ1) is 10.2. The number of methoxy groups -OCH3 is 2. The summed E-state index contributed by atoms with van der Waals surface area (Å²) >= 11 is 1.14. The molecule has 0 aliphatic heterocycles. The van der Waals surface area contributed by atoms with Crippen LogP contribution in [0.2, 0.25) is 0 Å². The molecule has 0 radical (unpaired) electrons. The highest BCUT2D eigenvalue weighted by Crippen LogP contribution is 2.29. The summed E-state index contributed by atoms with van der Waals surface area (Å²) in [7, 11) is 2.93. The molecule has 108 valence electrons. The van der Waals surface area contributed by atoms with Crippen molar-refractivity contribution in [3.05, 3.63) is 18.2 Å². The fourth-order valence-corrected chi connectivity index (χ4v) is 2.27. The van der Waals surface area contributed by atoms with E-state index in [4.69, 9.17) is 19.6 Å². The highest BCUT2D eigenvalue weighted by atomic mass is 32.2. The fraction of sp³-hybridized carbons (Fsp3) is 0.167. The lowest BCUT2D eigenvalue weighted by Gasteiger charge is -2.02. The zero-order valence-corrected chi connectivity index (χ0v) is 12.0. The Balaban J connectivity index is 1.94. The van der Waals surface area contributed by atoms with Gasteiger partial charge < -0.3 is 19.6 Å². The van der Waals surface area contributed by atoms with Crippen molar-refractivity contribution < 1.29 is 13.9 Å². The normalized spacial score (nSPS) is 10.8. The minimum atomic E-state index is 0.157. The van der Waals surface area contributed by atoms with Gasteiger partial charge in [0.2, 0.25) is 5.16 Å². The third-order valence-electron chi connectivity index (χ3n) is 2.51. The molecule has 0 spiro atoms. The van der Waals surface area contributed by atoms with E-state index in [0.29, 0.717) is 27.2 Å². The van der Waals surface area contributed by atoms with Gasteiger partial charge >= 0.3 is 12.0 Å². The SMILES string of the molecule is COc1nc(OC)nc(Sc2nc3cc(N)ccc3o2)n1. The van der Waals surface area contributed by atoms with Crippen LogP contribution in [0.15, 0.2) is 33.0 Å². The van der Waals surface area contributed by atoms with Gasteiger partial charge in [-0.1, -0.05) is 0 Å². The lowest BCUT2D eigenvalue weighted by Crippen LogP contribution is -2.00. The smallest absolute Gasteiger partial charge is 0.323 e. The molecule has 0 saturated heterocycles. The summed E-state index contributed by atoms with van der Waals surface area (Å²) in [6.45, 7) is 0. The molecule has 2 aromatic heterocycles. The van der Waals surface area contributed by atoms with Crippen LogP contribution in [0.5, 0.6) is 12.0 Å². The van der Waals surface area contributed by atoms with Gasteiger partial charge in [-0.05, 0) is 18.2 Å². The predicted octanol–water partition coefficient (Wildman–Crippen LogP) is 1.76. The molecule has 0 aliphatic carbocycles. The van der Waals surface area contributed by atoms with Crippen molar-refractivity contribution >= 4 is 28.5 Å². The molecule has 0 unspecified atom stereocenters. The molecular weight excluding hydrogens is 294 g/mol. The number of benzene rings is 1. The summed E-state index contributed by atoms with van der Waals surface area (Å²) in [5.74, 6) is 0. The van der Waals surface area contributed by atoms with Gasteiger partial charge in [0.1, 0.15) is 5.52 Å². The third-order valence-corrected chi connectivity index (χ3v) is 3.22. The minimum absolute atomic E-state index is 0.157. The number of hydrogen-bond donors (Lipinski definition) is 1. The predicted molar refractivity (Wildman–Crippen MR) is 75.5 cm³/mol. The molecule has 2 N–H and O–H groups in total. The number of aromatic nitrogens is 4. The Labute approximate surface area is 123 Å². The first-order valence-electron chi connectivity index (χ1n) is 5.86. The summed E-state index contributed by atoms with van der Waals surface area (Å²) in [4.78, 5) is 16.4. The van der Waals surface area contributed by atoms with Gasteiger partial charge in [-0.15, -0.1) is 4.98 Å². The Morgan fingerprint density at radius 3 is 2.43 bits per heavy atom. The molecule has 0 aliphatic rings. The van der Waals surface area contributed by atoms with Crippen LogP contribution in [0, 0.1) is 0 Å². The van der Waals surface area contributed by atoms with E-state index in [2.05, 4.69) is 19.9 Å². The maximum atomic E-state index is 5.71. The zero-order valence-electron chi connectivity index (χ0n) is 11.2. The number of oxazole rings is 1. The topological polar surface area (TPSA) is 109 Å². The van der Waals surface area contributed by atoms with Crippen LogP contribution in [0.3, 0.4) is 0 Å². The average molecular weight is 305 g/mol. The number of fused-ring (bicyclic) bond motifs is 1. The van der Waals surface area contributed by atoms with E-state index in [9.17, 15) is 0 Å². The van der Waals surface area contributed by atoms with Crippen molar-refractivity contribution in [2.24, 2.45) is 0 Å². The monoisotopic (exact) mass is 305 g/mol. The lowest BCUT2D eigenvalue weighted by atomic mass is 10.3. The first-order valence-corrected chi connectivity index (χ1v) is 6.67. The Kier molecular flexibility index (Phi) is 3.48. The van der Waals surface area contributed by atoms with Gasteiger partial charge in [0.15, 0.2) is 5.58 Å². The van der Waals surface area contributed by atoms with Crippen LogP contribution in [0.25, 0.3) is 11.1 Å². The summed E-state index contributed by atoms with van der Waals surface area (Å²) in [5.41, 5.74) is 7.64. The fourth-order valence-electron chi connectivity index (χ4n) is 1.59. The summed E-state index contributed by atoms with van der Waals surface area (Å²) in [6.07, 6.45) is 0. The molecule has 1 aromatic carbocycles. The van der Waals surface area contributed by atoms with E-state index in [-0.39, 0.29) is 12.0 Å². The van der Waals surface area contributed by atoms with Gasteiger partial charge in [0, 0.05) is 17.4 Å². The minimum Gasteiger partial charge on any atom is -0.467 e. The number of hydrogen-bond acceptors (Lipinski definition) is 9. The lowest BCUT2D eigenvalue weighted by molar-refractivity contribution is 0.332. The second-order valence-corrected chi connectivity index (χ2v) is 4.82. The van der Waals surface area contributed by atoms with Gasteiger partial charge in [-0.3, -0.25) is 0 Å². The molecular formula is C12H11N5O3S. The van der Waals surface area contributed by atoms with Crippen LogP contribution >= 0.6 is 11.8 Å². The summed E-state index contributed by atoms with van der Waals surface area (Å²) < 4.78 is 15.6. The number of nitrogens with two attached hydrogens (primary N) is 1. The Morgan fingerprint density at radius 2 is 1.76 bits per heavy atom. The molecule has 0 saturated carbocycles. The number of rotatable bonds is 4. The van der Waals surface area contributed by atoms with Crippen LogP contribution in [-0.4, -0.2) is 34.2 Å². The van der Waals surface area contributed by atoms with Crippen molar-refractivity contribution in [1.29, 1.82) is 0 Å². The van der Waals surface area contributed by atoms with E-state index in [1.807, 2.05) is 0 Å². The molecule has 3 rings (SSSR count). The highest BCUT2D eigenvalue weighted by molar-refractivity contribution is 7.98. The van der Waals surface area contributed by atoms with Crippen molar-refractivity contribution in [1.82, 2.24) is 19.9 Å². The molecule has 2 heterocycles. The number of anilines is 1. The van der Waals surface area contributed by atoms with Crippen LogP contribution < -0.4 is 15.2 Å². The molecule has 3 aromatic rings. The number of ether oxygens (including phenoxy) is 2. The highest BCUT2D eigenvalue weighted by Gasteiger charge is 2.13. The van der Waals surface area contributed by atoms with Gasteiger partial charge in [-0.25, -0.2) is 4.98 Å². The van der Waals surface area contributed by atoms with Crippen molar-refractivity contribution in [3.63, 3.8) is 0 Å². The van der Waals surface area contributed by atoms with Crippen LogP contribution in [-0.2, 0) is 0 Å². The van der Waals surface area contributed by atoms with E-state index >= 15 is 0 Å². The van der Waals surface area contributed by atoms with Crippen molar-refractivity contribution in [3.8, 4) is 12.0 Å². The maximum Gasteiger partial charge on any atom is 0.323 e. The van der Waals surface area contributed by atoms with Gasteiger partial charge in [0.05, 0.1) is 14.2 Å². The quantitative estimate of drug-likeness (QED) is 0.721. The average Bonchev–Trinajstić information content (AvgIpc) is 2.87. The summed E-state index contributed by atoms with van der Waals surface area (Å²) in [5, 5.41) is 0.754. The molecule has 9 heteroatoms.